The van der Waals surface area contributed by atoms with Crippen LogP contribution < -0.4 is 10.1 Å². The third-order valence-electron chi connectivity index (χ3n) is 3.60. The fourth-order valence-corrected chi connectivity index (χ4v) is 2.50. The van der Waals surface area contributed by atoms with Crippen LogP contribution in [0.4, 0.5) is 13.2 Å². The number of nitrogens with one attached hydrogen (secondary N) is 1. The number of hydrogen-bond acceptors (Lipinski definition) is 3. The van der Waals surface area contributed by atoms with E-state index in [1.54, 1.807) is 13.2 Å². The molecule has 2 unspecified atom stereocenters. The number of benzene rings is 1. The van der Waals surface area contributed by atoms with Crippen molar-refractivity contribution < 1.29 is 23.0 Å². The zero-order chi connectivity index (χ0) is 14.8. The van der Waals surface area contributed by atoms with E-state index >= 15 is 0 Å². The molecule has 0 spiro atoms. The largest absolute Gasteiger partial charge is 0.497 e. The van der Waals surface area contributed by atoms with Crippen molar-refractivity contribution >= 4 is 0 Å². The first-order valence-corrected chi connectivity index (χ1v) is 6.57. The van der Waals surface area contributed by atoms with Gasteiger partial charge in [0, 0.05) is 12.6 Å². The summed E-state index contributed by atoms with van der Waals surface area (Å²) in [6.07, 6.45) is -4.34. The van der Waals surface area contributed by atoms with Crippen LogP contribution in [0.25, 0.3) is 0 Å². The van der Waals surface area contributed by atoms with Crippen LogP contribution in [0.5, 0.6) is 5.75 Å². The van der Waals surface area contributed by atoms with Gasteiger partial charge in [0.2, 0.25) is 0 Å². The summed E-state index contributed by atoms with van der Waals surface area (Å²) in [7, 11) is 1.58. The fraction of sp³-hybridized carbons (Fsp3) is 0.571. The first-order valence-electron chi connectivity index (χ1n) is 6.57. The van der Waals surface area contributed by atoms with E-state index in [9.17, 15) is 13.2 Å². The second-order valence-corrected chi connectivity index (χ2v) is 4.98. The van der Waals surface area contributed by atoms with E-state index < -0.39 is 18.8 Å². The highest BCUT2D eigenvalue weighted by Crippen LogP contribution is 2.32. The Morgan fingerprint density at radius 1 is 1.45 bits per heavy atom. The number of aliphatic hydroxyl groups is 1. The molecule has 20 heavy (non-hydrogen) atoms. The van der Waals surface area contributed by atoms with E-state index in [1.807, 2.05) is 12.1 Å². The molecule has 3 nitrogen and oxygen atoms in total. The molecule has 0 fully saturated rings. The summed E-state index contributed by atoms with van der Waals surface area (Å²) in [6, 6.07) is 5.45. The van der Waals surface area contributed by atoms with Crippen molar-refractivity contribution in [1.82, 2.24) is 5.32 Å². The summed E-state index contributed by atoms with van der Waals surface area (Å²) < 4.78 is 42.0. The highest BCUT2D eigenvalue weighted by Gasteiger charge is 2.38. The molecule has 0 aromatic heterocycles. The van der Waals surface area contributed by atoms with Gasteiger partial charge in [-0.15, -0.1) is 0 Å². The lowest BCUT2D eigenvalue weighted by Gasteiger charge is -2.28. The van der Waals surface area contributed by atoms with E-state index in [2.05, 4.69) is 5.32 Å². The predicted octanol–water partition coefficient (Wildman–Crippen LogP) is 2.59. The fourth-order valence-electron chi connectivity index (χ4n) is 2.50. The van der Waals surface area contributed by atoms with Gasteiger partial charge in [-0.05, 0) is 42.5 Å². The number of aliphatic hydroxyl groups excluding tert-OH is 1. The van der Waals surface area contributed by atoms with Crippen molar-refractivity contribution in [1.29, 1.82) is 0 Å². The van der Waals surface area contributed by atoms with Gasteiger partial charge in [-0.1, -0.05) is 6.07 Å². The molecular formula is C14H18F3NO2. The zero-order valence-corrected chi connectivity index (χ0v) is 11.2. The average molecular weight is 289 g/mol. The van der Waals surface area contributed by atoms with Gasteiger partial charge in [0.05, 0.1) is 7.11 Å². The summed E-state index contributed by atoms with van der Waals surface area (Å²) in [4.78, 5) is 0. The van der Waals surface area contributed by atoms with Gasteiger partial charge in [-0.25, -0.2) is 0 Å². The third-order valence-corrected chi connectivity index (χ3v) is 3.60. The Bertz CT molecular complexity index is 462. The van der Waals surface area contributed by atoms with Crippen LogP contribution >= 0.6 is 0 Å². The van der Waals surface area contributed by atoms with E-state index in [1.165, 1.54) is 0 Å². The van der Waals surface area contributed by atoms with E-state index in [4.69, 9.17) is 9.84 Å². The van der Waals surface area contributed by atoms with Crippen LogP contribution in [-0.2, 0) is 6.42 Å². The van der Waals surface area contributed by atoms with Gasteiger partial charge in [0.15, 0.2) is 6.10 Å². The third kappa shape index (κ3) is 3.43. The summed E-state index contributed by atoms with van der Waals surface area (Å²) in [5.41, 5.74) is 2.08. The Hall–Kier alpha value is -1.27. The molecule has 0 radical (unpaired) electrons. The molecule has 0 bridgehead atoms. The van der Waals surface area contributed by atoms with Crippen molar-refractivity contribution in [3.8, 4) is 5.75 Å². The highest BCUT2D eigenvalue weighted by molar-refractivity contribution is 5.39. The molecule has 2 atom stereocenters. The van der Waals surface area contributed by atoms with Crippen molar-refractivity contribution in [2.45, 2.75) is 37.6 Å². The Morgan fingerprint density at radius 3 is 2.85 bits per heavy atom. The summed E-state index contributed by atoms with van der Waals surface area (Å²) >= 11 is 0. The number of hydrogen-bond donors (Lipinski definition) is 2. The van der Waals surface area contributed by atoms with Gasteiger partial charge >= 0.3 is 6.18 Å². The lowest BCUT2D eigenvalue weighted by molar-refractivity contribution is -0.202. The van der Waals surface area contributed by atoms with E-state index in [0.29, 0.717) is 0 Å². The quantitative estimate of drug-likeness (QED) is 0.895. The lowest BCUT2D eigenvalue weighted by Crippen LogP contribution is -2.40. The minimum atomic E-state index is -4.58. The summed E-state index contributed by atoms with van der Waals surface area (Å²) in [5.74, 6) is 0.750. The molecule has 0 saturated carbocycles. The normalized spacial score (nSPS) is 20.4. The van der Waals surface area contributed by atoms with Gasteiger partial charge in [0.1, 0.15) is 5.75 Å². The molecule has 1 aromatic carbocycles. The monoisotopic (exact) mass is 289 g/mol. The molecule has 112 valence electrons. The van der Waals surface area contributed by atoms with Crippen LogP contribution in [0.2, 0.25) is 0 Å². The number of aryl methyl sites for hydroxylation is 1. The van der Waals surface area contributed by atoms with Crippen molar-refractivity contribution in [3.05, 3.63) is 29.3 Å². The lowest BCUT2D eigenvalue weighted by atomic mass is 9.87. The SMILES string of the molecule is COc1ccc2c(c1)CCCC2NCC(O)C(F)(F)F. The molecule has 0 aliphatic heterocycles. The Morgan fingerprint density at radius 2 is 2.20 bits per heavy atom. The summed E-state index contributed by atoms with van der Waals surface area (Å²) in [6.45, 7) is -0.486. The number of methoxy groups -OCH3 is 1. The highest BCUT2D eigenvalue weighted by atomic mass is 19.4. The number of alkyl halides is 3. The molecule has 2 rings (SSSR count). The van der Waals surface area contributed by atoms with Crippen molar-refractivity contribution in [2.75, 3.05) is 13.7 Å². The maximum atomic E-state index is 12.3. The Balaban J connectivity index is 2.05. The molecule has 1 aliphatic carbocycles. The van der Waals surface area contributed by atoms with Crippen LogP contribution in [0.3, 0.4) is 0 Å². The molecule has 0 amide bonds. The molecule has 6 heteroatoms. The van der Waals surface area contributed by atoms with Crippen molar-refractivity contribution in [2.24, 2.45) is 0 Å². The topological polar surface area (TPSA) is 41.5 Å². The number of fused-ring (bicyclic) bond motifs is 1. The summed E-state index contributed by atoms with van der Waals surface area (Å²) in [5, 5.41) is 11.8. The van der Waals surface area contributed by atoms with Gasteiger partial charge in [-0.3, -0.25) is 0 Å². The number of halogens is 3. The molecule has 0 heterocycles. The molecular weight excluding hydrogens is 271 g/mol. The second-order valence-electron chi connectivity index (χ2n) is 4.98. The van der Waals surface area contributed by atoms with Crippen LogP contribution in [0.1, 0.15) is 30.0 Å². The van der Waals surface area contributed by atoms with Gasteiger partial charge in [0.25, 0.3) is 0 Å². The van der Waals surface area contributed by atoms with E-state index in [-0.39, 0.29) is 6.04 Å². The minimum absolute atomic E-state index is 0.151. The number of rotatable bonds is 4. The van der Waals surface area contributed by atoms with Crippen LogP contribution in [0, 0.1) is 0 Å². The Kier molecular flexibility index (Phi) is 4.55. The van der Waals surface area contributed by atoms with Crippen LogP contribution in [-0.4, -0.2) is 31.0 Å². The maximum Gasteiger partial charge on any atom is 0.415 e. The van der Waals surface area contributed by atoms with Gasteiger partial charge in [-0.2, -0.15) is 13.2 Å². The predicted molar refractivity (Wildman–Crippen MR) is 68.7 cm³/mol. The smallest absolute Gasteiger partial charge is 0.415 e. The minimum Gasteiger partial charge on any atom is -0.497 e. The molecule has 1 aliphatic rings. The number of ether oxygens (including phenoxy) is 1. The zero-order valence-electron chi connectivity index (χ0n) is 11.2. The van der Waals surface area contributed by atoms with Crippen molar-refractivity contribution in [3.63, 3.8) is 0 Å². The average Bonchev–Trinajstić information content (AvgIpc) is 2.42. The second kappa shape index (κ2) is 6.01. The van der Waals surface area contributed by atoms with Crippen LogP contribution in [0.15, 0.2) is 18.2 Å². The van der Waals surface area contributed by atoms with Gasteiger partial charge < -0.3 is 15.2 Å². The Labute approximate surface area is 115 Å². The molecule has 1 aromatic rings. The molecule has 2 N–H and O–H groups in total. The van der Waals surface area contributed by atoms with E-state index in [0.717, 1.165) is 36.1 Å². The maximum absolute atomic E-state index is 12.3. The molecule has 0 saturated heterocycles. The first-order chi connectivity index (χ1) is 9.41. The first kappa shape index (κ1) is 15.1. The standard InChI is InChI=1S/C14H18F3NO2/c1-20-10-5-6-11-9(7-10)3-2-4-12(11)18-8-13(19)14(15,16)17/h5-7,12-13,18-19H,2-4,8H2,1H3.